The predicted octanol–water partition coefficient (Wildman–Crippen LogP) is 3.96. The van der Waals surface area contributed by atoms with Crippen molar-refractivity contribution in [2.24, 2.45) is 11.3 Å². The van der Waals surface area contributed by atoms with Crippen LogP contribution in [0.1, 0.15) is 34.6 Å². The second-order valence-electron chi connectivity index (χ2n) is 4.60. The Hall–Kier alpha value is -0.280. The summed E-state index contributed by atoms with van der Waals surface area (Å²) < 4.78 is 52.6. The Bertz CT molecular complexity index is 177. The van der Waals surface area contributed by atoms with Crippen molar-refractivity contribution < 1.29 is 17.6 Å². The minimum Gasteiger partial charge on any atom is -0.200 e. The van der Waals surface area contributed by atoms with E-state index in [9.17, 15) is 17.6 Å². The van der Waals surface area contributed by atoms with Gasteiger partial charge in [0, 0.05) is 11.3 Å². The second kappa shape index (κ2) is 3.14. The van der Waals surface area contributed by atoms with Crippen molar-refractivity contribution in [1.82, 2.24) is 0 Å². The average molecular weight is 200 g/mol. The minimum absolute atomic E-state index is 1.10. The molecule has 0 heterocycles. The molecule has 0 N–H and O–H groups in total. The maximum atomic E-state index is 13.2. The van der Waals surface area contributed by atoms with Gasteiger partial charge in [-0.1, -0.05) is 34.6 Å². The molecule has 4 heteroatoms. The maximum absolute atomic E-state index is 13.2. The van der Waals surface area contributed by atoms with Crippen LogP contribution in [-0.2, 0) is 0 Å². The maximum Gasteiger partial charge on any atom is 0.315 e. The van der Waals surface area contributed by atoms with E-state index < -0.39 is 23.2 Å². The molecular weight excluding hydrogens is 184 g/mol. The zero-order valence-corrected chi connectivity index (χ0v) is 8.59. The molecule has 0 aliphatic rings. The number of alkyl halides is 4. The van der Waals surface area contributed by atoms with Crippen molar-refractivity contribution >= 4 is 0 Å². The summed E-state index contributed by atoms with van der Waals surface area (Å²) in [6, 6.07) is 0. The van der Waals surface area contributed by atoms with Crippen LogP contribution in [0.2, 0.25) is 0 Å². The molecular formula is C9H16F4. The molecule has 80 valence electrons. The van der Waals surface area contributed by atoms with Gasteiger partial charge in [0.25, 0.3) is 0 Å². The van der Waals surface area contributed by atoms with Crippen molar-refractivity contribution in [3.8, 4) is 0 Å². The summed E-state index contributed by atoms with van der Waals surface area (Å²) in [4.78, 5) is 0. The molecule has 0 unspecified atom stereocenters. The monoisotopic (exact) mass is 200 g/mol. The van der Waals surface area contributed by atoms with Gasteiger partial charge in [0.15, 0.2) is 0 Å². The number of hydrogen-bond acceptors (Lipinski definition) is 0. The van der Waals surface area contributed by atoms with Crippen LogP contribution in [0.4, 0.5) is 17.6 Å². The van der Waals surface area contributed by atoms with E-state index in [0.29, 0.717) is 0 Å². The SMILES string of the molecule is CC(C)C(F)(F)C(F)(F)C(C)(C)C. The van der Waals surface area contributed by atoms with Crippen LogP contribution in [0.25, 0.3) is 0 Å². The van der Waals surface area contributed by atoms with Crippen LogP contribution < -0.4 is 0 Å². The Morgan fingerprint density at radius 3 is 1.23 bits per heavy atom. The van der Waals surface area contributed by atoms with E-state index in [0.717, 1.165) is 34.6 Å². The van der Waals surface area contributed by atoms with Gasteiger partial charge in [0.05, 0.1) is 0 Å². The Balaban J connectivity index is 5.04. The first-order chi connectivity index (χ1) is 5.44. The van der Waals surface area contributed by atoms with Crippen LogP contribution in [0.5, 0.6) is 0 Å². The fraction of sp³-hybridized carbons (Fsp3) is 1.00. The lowest BCUT2D eigenvalue weighted by atomic mass is 9.80. The molecule has 0 fully saturated rings. The van der Waals surface area contributed by atoms with Crippen molar-refractivity contribution in [1.29, 1.82) is 0 Å². The Morgan fingerprint density at radius 2 is 1.15 bits per heavy atom. The molecule has 0 spiro atoms. The van der Waals surface area contributed by atoms with E-state index in [4.69, 9.17) is 0 Å². The quantitative estimate of drug-likeness (QED) is 0.592. The summed E-state index contributed by atoms with van der Waals surface area (Å²) in [5.41, 5.74) is -1.72. The van der Waals surface area contributed by atoms with Crippen molar-refractivity contribution in [3.05, 3.63) is 0 Å². The molecule has 0 atom stereocenters. The summed E-state index contributed by atoms with van der Waals surface area (Å²) >= 11 is 0. The molecule has 13 heavy (non-hydrogen) atoms. The molecule has 0 radical (unpaired) electrons. The van der Waals surface area contributed by atoms with Gasteiger partial charge in [-0.3, -0.25) is 0 Å². The van der Waals surface area contributed by atoms with E-state index >= 15 is 0 Å². The van der Waals surface area contributed by atoms with Gasteiger partial charge < -0.3 is 0 Å². The molecule has 0 aliphatic carbocycles. The fourth-order valence-corrected chi connectivity index (χ4v) is 0.863. The van der Waals surface area contributed by atoms with Gasteiger partial charge >= 0.3 is 11.8 Å². The largest absolute Gasteiger partial charge is 0.315 e. The van der Waals surface area contributed by atoms with E-state index in [2.05, 4.69) is 0 Å². The van der Waals surface area contributed by atoms with E-state index in [1.54, 1.807) is 0 Å². The summed E-state index contributed by atoms with van der Waals surface area (Å²) in [5.74, 6) is -9.29. The van der Waals surface area contributed by atoms with Crippen LogP contribution in [0.15, 0.2) is 0 Å². The molecule has 0 aromatic rings. The normalized spacial score (nSPS) is 15.2. The van der Waals surface area contributed by atoms with Gasteiger partial charge in [-0.2, -0.15) is 17.6 Å². The lowest BCUT2D eigenvalue weighted by Gasteiger charge is -2.38. The zero-order valence-electron chi connectivity index (χ0n) is 8.59. The highest BCUT2D eigenvalue weighted by Gasteiger charge is 2.64. The molecule has 0 saturated heterocycles. The zero-order chi connectivity index (χ0) is 11.1. The summed E-state index contributed by atoms with van der Waals surface area (Å²) in [5, 5.41) is 0. The summed E-state index contributed by atoms with van der Waals surface area (Å²) in [7, 11) is 0. The molecule has 0 bridgehead atoms. The van der Waals surface area contributed by atoms with Gasteiger partial charge in [-0.05, 0) is 0 Å². The third-order valence-electron chi connectivity index (χ3n) is 2.09. The Morgan fingerprint density at radius 1 is 0.846 bits per heavy atom. The van der Waals surface area contributed by atoms with Crippen LogP contribution in [0.3, 0.4) is 0 Å². The number of rotatable bonds is 2. The fourth-order valence-electron chi connectivity index (χ4n) is 0.863. The molecule has 0 aromatic heterocycles. The molecule has 0 amide bonds. The van der Waals surface area contributed by atoms with E-state index in [-0.39, 0.29) is 0 Å². The van der Waals surface area contributed by atoms with E-state index in [1.165, 1.54) is 0 Å². The average Bonchev–Trinajstić information content (AvgIpc) is 1.84. The topological polar surface area (TPSA) is 0 Å². The van der Waals surface area contributed by atoms with Crippen LogP contribution in [-0.4, -0.2) is 11.8 Å². The minimum atomic E-state index is -3.98. The second-order valence-corrected chi connectivity index (χ2v) is 4.60. The highest BCUT2D eigenvalue weighted by molar-refractivity contribution is 4.95. The smallest absolute Gasteiger partial charge is 0.200 e. The van der Waals surface area contributed by atoms with Gasteiger partial charge in [-0.25, -0.2) is 0 Å². The Labute approximate surface area is 76.3 Å². The van der Waals surface area contributed by atoms with Crippen LogP contribution >= 0.6 is 0 Å². The highest BCUT2D eigenvalue weighted by atomic mass is 19.3. The van der Waals surface area contributed by atoms with Gasteiger partial charge in [0.2, 0.25) is 0 Å². The highest BCUT2D eigenvalue weighted by Crippen LogP contribution is 2.50. The third-order valence-corrected chi connectivity index (χ3v) is 2.09. The first-order valence-corrected chi connectivity index (χ1v) is 4.20. The van der Waals surface area contributed by atoms with Gasteiger partial charge in [-0.15, -0.1) is 0 Å². The number of halogens is 4. The standard InChI is InChI=1S/C9H16F4/c1-6(2)8(10,11)9(12,13)7(3,4)5/h6H,1-5H3. The molecule has 0 nitrogen and oxygen atoms in total. The predicted molar refractivity (Wildman–Crippen MR) is 44.2 cm³/mol. The summed E-state index contributed by atoms with van der Waals surface area (Å²) in [6.45, 7) is 5.54. The van der Waals surface area contributed by atoms with Crippen molar-refractivity contribution in [2.45, 2.75) is 46.5 Å². The lowest BCUT2D eigenvalue weighted by molar-refractivity contribution is -0.274. The van der Waals surface area contributed by atoms with E-state index in [1.807, 2.05) is 0 Å². The van der Waals surface area contributed by atoms with Crippen LogP contribution in [0, 0.1) is 11.3 Å². The molecule has 0 rings (SSSR count). The molecule has 0 aromatic carbocycles. The molecule has 0 saturated carbocycles. The van der Waals surface area contributed by atoms with Crippen molar-refractivity contribution in [3.63, 3.8) is 0 Å². The first kappa shape index (κ1) is 12.7. The van der Waals surface area contributed by atoms with Gasteiger partial charge in [0.1, 0.15) is 0 Å². The Kier molecular flexibility index (Phi) is 3.07. The molecule has 0 aliphatic heterocycles. The summed E-state index contributed by atoms with van der Waals surface area (Å²) in [6.07, 6.45) is 0. The first-order valence-electron chi connectivity index (χ1n) is 4.20. The van der Waals surface area contributed by atoms with Crippen molar-refractivity contribution in [2.75, 3.05) is 0 Å². The number of hydrogen-bond donors (Lipinski definition) is 0. The lowest BCUT2D eigenvalue weighted by Crippen LogP contribution is -2.52. The third kappa shape index (κ3) is 1.97.